The van der Waals surface area contributed by atoms with Gasteiger partial charge >= 0.3 is 0 Å². The average Bonchev–Trinajstić information content (AvgIpc) is 3.44. The van der Waals surface area contributed by atoms with E-state index in [9.17, 15) is 14.4 Å². The second-order valence-electron chi connectivity index (χ2n) is 7.76. The van der Waals surface area contributed by atoms with Gasteiger partial charge in [-0.15, -0.1) is 0 Å². The number of hydrogen-bond acceptors (Lipinski definition) is 3. The topological polar surface area (TPSA) is 75.3 Å². The SMILES string of the molecule is CC(=O)c1cccc(NC(=O)C2CC2C(=O)Nc2c(C)cccc2C(C)C)c1. The van der Waals surface area contributed by atoms with Crippen LogP contribution in [0.25, 0.3) is 0 Å². The third kappa shape index (κ3) is 4.30. The summed E-state index contributed by atoms with van der Waals surface area (Å²) in [6.07, 6.45) is 0.535. The minimum Gasteiger partial charge on any atom is -0.326 e. The van der Waals surface area contributed by atoms with Gasteiger partial charge in [0.25, 0.3) is 0 Å². The van der Waals surface area contributed by atoms with E-state index in [0.29, 0.717) is 23.6 Å². The van der Waals surface area contributed by atoms with Crippen LogP contribution >= 0.6 is 0 Å². The van der Waals surface area contributed by atoms with Gasteiger partial charge in [-0.2, -0.15) is 0 Å². The molecule has 28 heavy (non-hydrogen) atoms. The summed E-state index contributed by atoms with van der Waals surface area (Å²) in [5, 5.41) is 5.85. The lowest BCUT2D eigenvalue weighted by molar-refractivity contribution is -0.122. The summed E-state index contributed by atoms with van der Waals surface area (Å²) in [5.41, 5.74) is 4.08. The Morgan fingerprint density at radius 1 is 0.964 bits per heavy atom. The first kappa shape index (κ1) is 19.8. The van der Waals surface area contributed by atoms with Crippen molar-refractivity contribution in [3.8, 4) is 0 Å². The molecule has 2 aromatic rings. The Kier molecular flexibility index (Phi) is 5.63. The fraction of sp³-hybridized carbons (Fsp3) is 0.348. The van der Waals surface area contributed by atoms with Crippen LogP contribution in [0.5, 0.6) is 0 Å². The molecule has 0 aromatic heterocycles. The monoisotopic (exact) mass is 378 g/mol. The zero-order valence-electron chi connectivity index (χ0n) is 16.7. The third-order valence-electron chi connectivity index (χ3n) is 5.18. The summed E-state index contributed by atoms with van der Waals surface area (Å²) in [6.45, 7) is 7.64. The Bertz CT molecular complexity index is 933. The molecule has 0 bridgehead atoms. The fourth-order valence-corrected chi connectivity index (χ4v) is 3.38. The van der Waals surface area contributed by atoms with Gasteiger partial charge in [0, 0.05) is 16.9 Å². The molecule has 2 N–H and O–H groups in total. The van der Waals surface area contributed by atoms with Crippen molar-refractivity contribution in [2.45, 2.75) is 40.0 Å². The van der Waals surface area contributed by atoms with E-state index in [1.54, 1.807) is 24.3 Å². The molecule has 2 unspecified atom stereocenters. The van der Waals surface area contributed by atoms with Crippen LogP contribution in [0.3, 0.4) is 0 Å². The molecule has 0 saturated heterocycles. The Balaban J connectivity index is 1.64. The Morgan fingerprint density at radius 2 is 1.61 bits per heavy atom. The predicted molar refractivity (Wildman–Crippen MR) is 111 cm³/mol. The summed E-state index contributed by atoms with van der Waals surface area (Å²) >= 11 is 0. The van der Waals surface area contributed by atoms with Gasteiger partial charge in [0.15, 0.2) is 5.78 Å². The lowest BCUT2D eigenvalue weighted by Crippen LogP contribution is -2.21. The number of carbonyl (C=O) groups excluding carboxylic acids is 3. The van der Waals surface area contributed by atoms with Crippen LogP contribution in [0.15, 0.2) is 42.5 Å². The molecule has 5 nitrogen and oxygen atoms in total. The van der Waals surface area contributed by atoms with Crippen molar-refractivity contribution in [3.63, 3.8) is 0 Å². The number of aryl methyl sites for hydroxylation is 1. The van der Waals surface area contributed by atoms with E-state index in [1.807, 2.05) is 25.1 Å². The van der Waals surface area contributed by atoms with E-state index >= 15 is 0 Å². The first-order valence-electron chi connectivity index (χ1n) is 9.60. The molecule has 2 amide bonds. The lowest BCUT2D eigenvalue weighted by Gasteiger charge is -2.16. The van der Waals surface area contributed by atoms with E-state index in [1.165, 1.54) is 6.92 Å². The molecule has 1 aliphatic rings. The van der Waals surface area contributed by atoms with Gasteiger partial charge in [0.05, 0.1) is 11.8 Å². The summed E-state index contributed by atoms with van der Waals surface area (Å²) in [5.74, 6) is -0.729. The van der Waals surface area contributed by atoms with Crippen molar-refractivity contribution >= 4 is 29.0 Å². The highest BCUT2D eigenvalue weighted by atomic mass is 16.2. The van der Waals surface area contributed by atoms with Crippen LogP contribution < -0.4 is 10.6 Å². The molecule has 2 aromatic carbocycles. The molecular formula is C23H26N2O3. The van der Waals surface area contributed by atoms with Gasteiger partial charge in [-0.1, -0.05) is 44.2 Å². The number of rotatable bonds is 6. The smallest absolute Gasteiger partial charge is 0.228 e. The number of hydrogen-bond donors (Lipinski definition) is 2. The summed E-state index contributed by atoms with van der Waals surface area (Å²) < 4.78 is 0. The van der Waals surface area contributed by atoms with E-state index in [-0.39, 0.29) is 29.4 Å². The van der Waals surface area contributed by atoms with Crippen LogP contribution in [0, 0.1) is 18.8 Å². The highest BCUT2D eigenvalue weighted by Crippen LogP contribution is 2.41. The molecule has 0 radical (unpaired) electrons. The fourth-order valence-electron chi connectivity index (χ4n) is 3.38. The summed E-state index contributed by atoms with van der Waals surface area (Å²) in [6, 6.07) is 12.8. The normalized spacial score (nSPS) is 17.9. The van der Waals surface area contributed by atoms with Crippen molar-refractivity contribution < 1.29 is 14.4 Å². The zero-order chi connectivity index (χ0) is 20.4. The number of amides is 2. The number of para-hydroxylation sites is 1. The molecule has 1 fully saturated rings. The third-order valence-corrected chi connectivity index (χ3v) is 5.18. The maximum atomic E-state index is 12.7. The van der Waals surface area contributed by atoms with Crippen LogP contribution in [0.4, 0.5) is 11.4 Å². The molecule has 0 aliphatic heterocycles. The van der Waals surface area contributed by atoms with Crippen molar-refractivity contribution in [1.29, 1.82) is 0 Å². The number of Topliss-reactive ketones (excluding diaryl/α,β-unsaturated/α-hetero) is 1. The highest BCUT2D eigenvalue weighted by molar-refractivity contribution is 6.04. The highest BCUT2D eigenvalue weighted by Gasteiger charge is 2.48. The van der Waals surface area contributed by atoms with E-state index in [0.717, 1.165) is 16.8 Å². The first-order valence-corrected chi connectivity index (χ1v) is 9.60. The quantitative estimate of drug-likeness (QED) is 0.725. The van der Waals surface area contributed by atoms with E-state index < -0.39 is 0 Å². The molecule has 1 saturated carbocycles. The lowest BCUT2D eigenvalue weighted by atomic mass is 9.98. The number of carbonyl (C=O) groups is 3. The van der Waals surface area contributed by atoms with Crippen LogP contribution in [-0.2, 0) is 9.59 Å². The average molecular weight is 378 g/mol. The number of ketones is 1. The minimum atomic E-state index is -0.340. The molecule has 1 aliphatic carbocycles. The van der Waals surface area contributed by atoms with Crippen LogP contribution in [0.1, 0.15) is 54.6 Å². The molecule has 0 spiro atoms. The van der Waals surface area contributed by atoms with Gasteiger partial charge in [0.2, 0.25) is 11.8 Å². The Labute approximate surface area is 165 Å². The van der Waals surface area contributed by atoms with Gasteiger partial charge in [-0.25, -0.2) is 0 Å². The Hall–Kier alpha value is -2.95. The minimum absolute atomic E-state index is 0.0565. The van der Waals surface area contributed by atoms with Gasteiger partial charge in [0.1, 0.15) is 0 Å². The zero-order valence-corrected chi connectivity index (χ0v) is 16.7. The van der Waals surface area contributed by atoms with E-state index in [4.69, 9.17) is 0 Å². The van der Waals surface area contributed by atoms with E-state index in [2.05, 4.69) is 24.5 Å². The van der Waals surface area contributed by atoms with Crippen molar-refractivity contribution in [3.05, 3.63) is 59.2 Å². The van der Waals surface area contributed by atoms with Gasteiger partial charge in [-0.3, -0.25) is 14.4 Å². The second-order valence-corrected chi connectivity index (χ2v) is 7.76. The van der Waals surface area contributed by atoms with Crippen molar-refractivity contribution in [2.75, 3.05) is 10.6 Å². The number of anilines is 2. The maximum absolute atomic E-state index is 12.7. The summed E-state index contributed by atoms with van der Waals surface area (Å²) in [4.78, 5) is 36.6. The van der Waals surface area contributed by atoms with Crippen LogP contribution in [0.2, 0.25) is 0 Å². The standard InChI is InChI=1S/C23H26N2O3/c1-13(2)18-10-5-7-14(3)21(18)25-23(28)20-12-19(20)22(27)24-17-9-6-8-16(11-17)15(4)26/h5-11,13,19-20H,12H2,1-4H3,(H,24,27)(H,25,28). The van der Waals surface area contributed by atoms with Gasteiger partial charge < -0.3 is 10.6 Å². The molecule has 5 heteroatoms. The largest absolute Gasteiger partial charge is 0.326 e. The Morgan fingerprint density at radius 3 is 2.25 bits per heavy atom. The molecule has 2 atom stereocenters. The molecule has 146 valence electrons. The molecule has 0 heterocycles. The number of benzene rings is 2. The first-order chi connectivity index (χ1) is 13.3. The van der Waals surface area contributed by atoms with Crippen LogP contribution in [-0.4, -0.2) is 17.6 Å². The van der Waals surface area contributed by atoms with Gasteiger partial charge in [-0.05, 0) is 49.4 Å². The molecule has 3 rings (SSSR count). The summed E-state index contributed by atoms with van der Waals surface area (Å²) in [7, 11) is 0. The second kappa shape index (κ2) is 7.97. The number of nitrogens with one attached hydrogen (secondary N) is 2. The van der Waals surface area contributed by atoms with Crippen molar-refractivity contribution in [2.24, 2.45) is 11.8 Å². The molecular weight excluding hydrogens is 352 g/mol. The van der Waals surface area contributed by atoms with Crippen molar-refractivity contribution in [1.82, 2.24) is 0 Å². The maximum Gasteiger partial charge on any atom is 0.228 e. The predicted octanol–water partition coefficient (Wildman–Crippen LogP) is 4.53.